The summed E-state index contributed by atoms with van der Waals surface area (Å²) in [6, 6.07) is 48.6. The van der Waals surface area contributed by atoms with E-state index in [2.05, 4.69) is 180 Å². The summed E-state index contributed by atoms with van der Waals surface area (Å²) in [4.78, 5) is 5.83. The molecule has 72 heavy (non-hydrogen) atoms. The molecule has 0 aliphatic carbocycles. The molecule has 0 bridgehead atoms. The zero-order valence-electron chi connectivity index (χ0n) is 42.4. The molecule has 2 aliphatic rings. The highest BCUT2D eigenvalue weighted by Crippen LogP contribution is 2.60. The number of hydrogen-bond acceptors (Lipinski definition) is 10. The first-order valence-corrected chi connectivity index (χ1v) is 29.1. The summed E-state index contributed by atoms with van der Waals surface area (Å²) < 4.78 is 34.8. The molecule has 0 radical (unpaired) electrons. The van der Waals surface area contributed by atoms with Crippen molar-refractivity contribution in [3.63, 3.8) is 0 Å². The summed E-state index contributed by atoms with van der Waals surface area (Å²) in [5.41, 5.74) is 8.33. The molecule has 3 heterocycles. The molecule has 0 saturated carbocycles. The Morgan fingerprint density at radius 3 is 1.43 bits per heavy atom. The predicted octanol–water partition coefficient (Wildman–Crippen LogP) is 16.6. The van der Waals surface area contributed by atoms with E-state index in [-0.39, 0.29) is 10.8 Å². The van der Waals surface area contributed by atoms with Crippen LogP contribution in [0.4, 0.5) is 0 Å². The van der Waals surface area contributed by atoms with Crippen LogP contribution in [0.1, 0.15) is 87.4 Å². The van der Waals surface area contributed by atoms with E-state index in [9.17, 15) is 0 Å². The summed E-state index contributed by atoms with van der Waals surface area (Å²) in [6.45, 7) is 19.2. The number of nitrogens with one attached hydrogen (secondary N) is 1. The van der Waals surface area contributed by atoms with Crippen molar-refractivity contribution in [2.75, 3.05) is 52.0 Å². The van der Waals surface area contributed by atoms with Crippen molar-refractivity contribution in [3.05, 3.63) is 203 Å². The third-order valence-electron chi connectivity index (χ3n) is 12.9. The van der Waals surface area contributed by atoms with Gasteiger partial charge in [0.05, 0.1) is 44.6 Å². The van der Waals surface area contributed by atoms with Crippen molar-refractivity contribution in [1.29, 1.82) is 0 Å². The van der Waals surface area contributed by atoms with Crippen LogP contribution in [0, 0.1) is 0 Å². The fraction of sp³-hybridized carbons (Fsp3) is 0.311. The zero-order valence-corrected chi connectivity index (χ0v) is 46.5. The summed E-state index contributed by atoms with van der Waals surface area (Å²) >= 11 is 9.27. The Labute approximate surface area is 448 Å². The minimum Gasteiger partial charge on any atom is -0.491 e. The highest BCUT2D eigenvalue weighted by molar-refractivity contribution is 8.37. The molecule has 0 amide bonds. The molecule has 0 unspecified atom stereocenters. The van der Waals surface area contributed by atoms with Gasteiger partial charge in [-0.2, -0.15) is 0 Å². The largest absolute Gasteiger partial charge is 0.491 e. The van der Waals surface area contributed by atoms with E-state index >= 15 is 0 Å². The third kappa shape index (κ3) is 12.3. The molecule has 0 spiro atoms. The topological polar surface area (TPSA) is 61.9 Å². The van der Waals surface area contributed by atoms with Crippen molar-refractivity contribution >= 4 is 69.6 Å². The van der Waals surface area contributed by atoms with E-state index in [1.807, 2.05) is 83.1 Å². The molecule has 9 rings (SSSR count). The first kappa shape index (κ1) is 52.3. The Hall–Kier alpha value is -4.59. The lowest BCUT2D eigenvalue weighted by atomic mass is 9.64. The van der Waals surface area contributed by atoms with Crippen LogP contribution < -0.4 is 14.2 Å². The van der Waals surface area contributed by atoms with Gasteiger partial charge >= 0.3 is 0 Å². The number of ether oxygens (including phenoxy) is 5. The highest BCUT2D eigenvalue weighted by atomic mass is 32.2. The van der Waals surface area contributed by atoms with Gasteiger partial charge < -0.3 is 28.7 Å². The van der Waals surface area contributed by atoms with Crippen LogP contribution in [0.25, 0.3) is 10.8 Å². The van der Waals surface area contributed by atoms with E-state index in [1.165, 1.54) is 61.4 Å². The molecule has 374 valence electrons. The minimum absolute atomic E-state index is 0.0431. The first-order chi connectivity index (χ1) is 34.9. The normalized spacial score (nSPS) is 14.0. The Kier molecular flexibility index (Phi) is 17.2. The summed E-state index contributed by atoms with van der Waals surface area (Å²) in [6.07, 6.45) is 5.15. The van der Waals surface area contributed by atoms with E-state index in [4.69, 9.17) is 23.7 Å². The van der Waals surface area contributed by atoms with Gasteiger partial charge in [-0.15, -0.1) is 11.8 Å². The number of fused-ring (bicyclic) bond motifs is 2. The molecule has 6 nitrogen and oxygen atoms in total. The Morgan fingerprint density at radius 2 is 0.931 bits per heavy atom. The number of thioether (sulfide) groups is 5. The van der Waals surface area contributed by atoms with Crippen LogP contribution >= 0.6 is 58.8 Å². The van der Waals surface area contributed by atoms with Gasteiger partial charge in [0, 0.05) is 38.7 Å². The molecule has 6 aromatic carbocycles. The van der Waals surface area contributed by atoms with E-state index in [0.29, 0.717) is 46.2 Å². The van der Waals surface area contributed by atoms with Crippen molar-refractivity contribution in [2.24, 2.45) is 0 Å². The van der Waals surface area contributed by atoms with Crippen LogP contribution in [0.2, 0.25) is 0 Å². The number of aromatic amines is 1. The van der Waals surface area contributed by atoms with Gasteiger partial charge in [0.1, 0.15) is 37.1 Å². The van der Waals surface area contributed by atoms with E-state index < -0.39 is 5.41 Å². The van der Waals surface area contributed by atoms with Crippen molar-refractivity contribution in [3.8, 4) is 17.2 Å². The molecule has 1 N–H and O–H groups in total. The van der Waals surface area contributed by atoms with Gasteiger partial charge in [-0.1, -0.05) is 205 Å². The lowest BCUT2D eigenvalue weighted by Gasteiger charge is -2.38. The van der Waals surface area contributed by atoms with Crippen LogP contribution in [-0.2, 0) is 32.1 Å². The van der Waals surface area contributed by atoms with Gasteiger partial charge in [0.25, 0.3) is 0 Å². The van der Waals surface area contributed by atoms with Crippen molar-refractivity contribution in [1.82, 2.24) is 4.98 Å². The lowest BCUT2D eigenvalue weighted by molar-refractivity contribution is 0.0768. The summed E-state index contributed by atoms with van der Waals surface area (Å²) in [7, 11) is 0. The number of benzene rings is 6. The van der Waals surface area contributed by atoms with Crippen molar-refractivity contribution < 1.29 is 23.7 Å². The fourth-order valence-corrected chi connectivity index (χ4v) is 15.3. The second-order valence-corrected chi connectivity index (χ2v) is 25.8. The summed E-state index contributed by atoms with van der Waals surface area (Å²) in [5, 5.41) is 4.27. The van der Waals surface area contributed by atoms with Crippen LogP contribution in [-0.4, -0.2) is 57.0 Å². The SMILES string of the molecule is CCc1ccc(C(c2ccc(OCCOCCOc3cccc4c(OCCOCCSC5=CSC(=C6Sc7c[nH]cc7S6)S5)cccc34)cc2)(c2ccc(C(C)(C)C)cc2)c2ccc(C(C)(C)C)cc2)cc1. The smallest absolute Gasteiger partial charge is 0.127 e. The maximum absolute atomic E-state index is 6.27. The number of rotatable bonds is 21. The fourth-order valence-electron chi connectivity index (χ4n) is 8.97. The minimum atomic E-state index is -0.563. The van der Waals surface area contributed by atoms with E-state index in [0.717, 1.165) is 40.2 Å². The van der Waals surface area contributed by atoms with Gasteiger partial charge in [-0.25, -0.2) is 0 Å². The molecule has 0 atom stereocenters. The monoisotopic (exact) mass is 1050 g/mol. The Bertz CT molecular complexity index is 2890. The molecular weight excluding hydrogens is 987 g/mol. The van der Waals surface area contributed by atoms with Crippen LogP contribution in [0.15, 0.2) is 174 Å². The lowest BCUT2D eigenvalue weighted by Crippen LogP contribution is -2.31. The number of aromatic nitrogens is 1. The molecule has 1 aromatic heterocycles. The van der Waals surface area contributed by atoms with Gasteiger partial charge in [-0.05, 0) is 85.9 Å². The quantitative estimate of drug-likeness (QED) is 0.0556. The van der Waals surface area contributed by atoms with Gasteiger partial charge in [0.2, 0.25) is 0 Å². The van der Waals surface area contributed by atoms with Crippen molar-refractivity contribution in [2.45, 2.75) is 80.9 Å². The maximum atomic E-state index is 6.27. The molecule has 0 saturated heterocycles. The number of aryl methyl sites for hydroxylation is 1. The molecule has 2 aliphatic heterocycles. The summed E-state index contributed by atoms with van der Waals surface area (Å²) in [5.74, 6) is 3.32. The van der Waals surface area contributed by atoms with E-state index in [1.54, 1.807) is 0 Å². The number of H-pyrrole nitrogens is 1. The second-order valence-electron chi connectivity index (χ2n) is 19.8. The zero-order chi connectivity index (χ0) is 50.1. The Balaban J connectivity index is 0.758. The molecule has 7 aromatic rings. The van der Waals surface area contributed by atoms with Crippen LogP contribution in [0.3, 0.4) is 0 Å². The average molecular weight is 1050 g/mol. The molecule has 0 fully saturated rings. The second kappa shape index (κ2) is 23.7. The van der Waals surface area contributed by atoms with Gasteiger partial charge in [0.15, 0.2) is 0 Å². The standard InChI is InChI=1S/C61H65NO5S5/c1-8-42-15-17-45(18-16-42)61(46-23-19-43(20-24-46)59(2,3)4,47-25-21-44(22-26-47)60(5,6)7)48-27-29-49(30-28-48)65-34-31-63-32-35-66-52-13-9-12-51-50(52)11-10-14-53(51)67-36-33-64-37-38-68-56-41-69-57(72-56)58-70-54-39-62-40-55(54)71-58/h9-30,39-41,62H,8,31-38H2,1-7H3. The van der Waals surface area contributed by atoms with Crippen LogP contribution in [0.5, 0.6) is 17.2 Å². The maximum Gasteiger partial charge on any atom is 0.127 e. The third-order valence-corrected chi connectivity index (χ3v) is 19.7. The highest BCUT2D eigenvalue weighted by Gasteiger charge is 2.39. The average Bonchev–Trinajstić information content (AvgIpc) is 4.15. The number of hydrogen-bond donors (Lipinski definition) is 1. The first-order valence-electron chi connectivity index (χ1n) is 24.8. The molecular formula is C61H65NO5S5. The molecule has 11 heteroatoms. The predicted molar refractivity (Wildman–Crippen MR) is 309 cm³/mol. The van der Waals surface area contributed by atoms with Gasteiger partial charge in [-0.3, -0.25) is 0 Å². The Morgan fingerprint density at radius 1 is 0.472 bits per heavy atom.